The molecule has 6 heteroatoms. The van der Waals surface area contributed by atoms with Gasteiger partial charge in [0.25, 0.3) is 5.91 Å². The van der Waals surface area contributed by atoms with Crippen molar-refractivity contribution in [3.8, 4) is 5.75 Å². The summed E-state index contributed by atoms with van der Waals surface area (Å²) in [4.78, 5) is 15.0. The van der Waals surface area contributed by atoms with E-state index in [9.17, 15) is 4.79 Å². The largest absolute Gasteiger partial charge is 0.497 e. The normalized spacial score (nSPS) is 15.7. The molecule has 1 saturated heterocycles. The van der Waals surface area contributed by atoms with Gasteiger partial charge in [-0.1, -0.05) is 35.3 Å². The minimum Gasteiger partial charge on any atom is -0.497 e. The number of nitrogens with zero attached hydrogens (tertiary/aromatic N) is 1. The molecule has 1 aliphatic rings. The van der Waals surface area contributed by atoms with Crippen LogP contribution in [-0.2, 0) is 0 Å². The van der Waals surface area contributed by atoms with Crippen LogP contribution in [0.4, 0.5) is 0 Å². The van der Waals surface area contributed by atoms with E-state index in [0.717, 1.165) is 24.4 Å². The van der Waals surface area contributed by atoms with Gasteiger partial charge >= 0.3 is 0 Å². The monoisotopic (exact) mass is 392 g/mol. The second kappa shape index (κ2) is 8.76. The highest BCUT2D eigenvalue weighted by molar-refractivity contribution is 6.36. The number of ether oxygens (including phenoxy) is 1. The number of rotatable bonds is 6. The Labute approximate surface area is 164 Å². The molecule has 0 bridgehead atoms. The number of amides is 1. The van der Waals surface area contributed by atoms with E-state index >= 15 is 0 Å². The standard InChI is InChI=1S/C20H22Cl2N2O2/c1-26-16-7-4-14(5-8-16)19(24-10-2-3-11-24)13-23-20(25)17-9-6-15(21)12-18(17)22/h4-9,12,19H,2-3,10-11,13H2,1H3,(H,23,25). The van der Waals surface area contributed by atoms with E-state index in [1.54, 1.807) is 25.3 Å². The first kappa shape index (κ1) is 19.0. The molecular weight excluding hydrogens is 371 g/mol. The third-order valence-corrected chi connectivity index (χ3v) is 5.26. The van der Waals surface area contributed by atoms with Crippen LogP contribution >= 0.6 is 23.2 Å². The highest BCUT2D eigenvalue weighted by Gasteiger charge is 2.24. The molecule has 1 unspecified atom stereocenters. The van der Waals surface area contributed by atoms with Crippen molar-refractivity contribution in [2.75, 3.05) is 26.7 Å². The van der Waals surface area contributed by atoms with Gasteiger partial charge in [0, 0.05) is 11.6 Å². The number of carbonyl (C=O) groups is 1. The van der Waals surface area contributed by atoms with Crippen molar-refractivity contribution in [2.45, 2.75) is 18.9 Å². The fraction of sp³-hybridized carbons (Fsp3) is 0.350. The molecule has 138 valence electrons. The van der Waals surface area contributed by atoms with Gasteiger partial charge < -0.3 is 10.1 Å². The van der Waals surface area contributed by atoms with Crippen molar-refractivity contribution in [1.29, 1.82) is 0 Å². The summed E-state index contributed by atoms with van der Waals surface area (Å²) in [5.41, 5.74) is 1.60. The van der Waals surface area contributed by atoms with Gasteiger partial charge in [0.15, 0.2) is 0 Å². The van der Waals surface area contributed by atoms with E-state index in [-0.39, 0.29) is 11.9 Å². The Kier molecular flexibility index (Phi) is 6.41. The summed E-state index contributed by atoms with van der Waals surface area (Å²) >= 11 is 12.1. The highest BCUT2D eigenvalue weighted by Crippen LogP contribution is 2.27. The molecule has 1 amide bonds. The fourth-order valence-corrected chi connectivity index (χ4v) is 3.79. The predicted octanol–water partition coefficient (Wildman–Crippen LogP) is 4.57. The van der Waals surface area contributed by atoms with E-state index in [1.807, 2.05) is 12.1 Å². The topological polar surface area (TPSA) is 41.6 Å². The first-order valence-electron chi connectivity index (χ1n) is 8.69. The smallest absolute Gasteiger partial charge is 0.252 e. The van der Waals surface area contributed by atoms with Crippen LogP contribution in [0.15, 0.2) is 42.5 Å². The lowest BCUT2D eigenvalue weighted by atomic mass is 10.0. The predicted molar refractivity (Wildman–Crippen MR) is 105 cm³/mol. The average molecular weight is 393 g/mol. The van der Waals surface area contributed by atoms with E-state index in [2.05, 4.69) is 22.3 Å². The Bertz CT molecular complexity index is 759. The Morgan fingerprint density at radius 2 is 1.85 bits per heavy atom. The maximum Gasteiger partial charge on any atom is 0.252 e. The van der Waals surface area contributed by atoms with Crippen molar-refractivity contribution < 1.29 is 9.53 Å². The van der Waals surface area contributed by atoms with Crippen LogP contribution in [-0.4, -0.2) is 37.6 Å². The molecule has 1 heterocycles. The molecular formula is C20H22Cl2N2O2. The molecule has 1 aliphatic heterocycles. The molecule has 0 spiro atoms. The summed E-state index contributed by atoms with van der Waals surface area (Å²) in [6, 6.07) is 13.1. The van der Waals surface area contributed by atoms with Gasteiger partial charge in [0.1, 0.15) is 5.75 Å². The highest BCUT2D eigenvalue weighted by atomic mass is 35.5. The van der Waals surface area contributed by atoms with E-state index in [1.165, 1.54) is 12.8 Å². The molecule has 1 fully saturated rings. The Balaban J connectivity index is 1.73. The quantitative estimate of drug-likeness (QED) is 0.782. The lowest BCUT2D eigenvalue weighted by Crippen LogP contribution is -2.36. The summed E-state index contributed by atoms with van der Waals surface area (Å²) in [6.45, 7) is 2.59. The van der Waals surface area contributed by atoms with Crippen LogP contribution in [0.5, 0.6) is 5.75 Å². The molecule has 0 radical (unpaired) electrons. The Morgan fingerprint density at radius 3 is 2.46 bits per heavy atom. The summed E-state index contributed by atoms with van der Waals surface area (Å²) in [5.74, 6) is 0.635. The SMILES string of the molecule is COc1ccc(C(CNC(=O)c2ccc(Cl)cc2Cl)N2CCCC2)cc1. The fourth-order valence-electron chi connectivity index (χ4n) is 3.30. The van der Waals surface area contributed by atoms with Crippen LogP contribution in [0, 0.1) is 0 Å². The molecule has 0 aromatic heterocycles. The summed E-state index contributed by atoms with van der Waals surface area (Å²) in [6.07, 6.45) is 2.37. The molecule has 0 saturated carbocycles. The van der Waals surface area contributed by atoms with Gasteiger partial charge in [0.05, 0.1) is 23.7 Å². The number of methoxy groups -OCH3 is 1. The lowest BCUT2D eigenvalue weighted by Gasteiger charge is -2.28. The Morgan fingerprint density at radius 1 is 1.15 bits per heavy atom. The van der Waals surface area contributed by atoms with Crippen LogP contribution in [0.3, 0.4) is 0 Å². The molecule has 3 rings (SSSR count). The van der Waals surface area contributed by atoms with E-state index in [0.29, 0.717) is 22.2 Å². The zero-order chi connectivity index (χ0) is 18.5. The van der Waals surface area contributed by atoms with E-state index < -0.39 is 0 Å². The van der Waals surface area contributed by atoms with Crippen molar-refractivity contribution in [3.63, 3.8) is 0 Å². The number of hydrogen-bond acceptors (Lipinski definition) is 3. The van der Waals surface area contributed by atoms with Crippen LogP contribution in [0.2, 0.25) is 10.0 Å². The number of halogens is 2. The summed E-state index contributed by atoms with van der Waals surface area (Å²) in [7, 11) is 1.66. The van der Waals surface area contributed by atoms with Gasteiger partial charge in [-0.25, -0.2) is 0 Å². The maximum absolute atomic E-state index is 12.6. The molecule has 1 N–H and O–H groups in total. The van der Waals surface area contributed by atoms with Crippen molar-refractivity contribution in [3.05, 3.63) is 63.6 Å². The number of hydrogen-bond donors (Lipinski definition) is 1. The van der Waals surface area contributed by atoms with Crippen molar-refractivity contribution in [1.82, 2.24) is 10.2 Å². The van der Waals surface area contributed by atoms with Gasteiger partial charge in [-0.05, 0) is 61.8 Å². The first-order chi connectivity index (χ1) is 12.6. The first-order valence-corrected chi connectivity index (χ1v) is 9.45. The maximum atomic E-state index is 12.6. The van der Waals surface area contributed by atoms with Gasteiger partial charge in [-0.3, -0.25) is 9.69 Å². The Hall–Kier alpha value is -1.75. The summed E-state index contributed by atoms with van der Waals surface area (Å²) < 4.78 is 5.24. The second-order valence-corrected chi connectivity index (χ2v) is 7.21. The van der Waals surface area contributed by atoms with Crippen LogP contribution in [0.1, 0.15) is 34.8 Å². The van der Waals surface area contributed by atoms with Crippen LogP contribution in [0.25, 0.3) is 0 Å². The second-order valence-electron chi connectivity index (χ2n) is 6.37. The molecule has 26 heavy (non-hydrogen) atoms. The lowest BCUT2D eigenvalue weighted by molar-refractivity contribution is 0.0938. The zero-order valence-electron chi connectivity index (χ0n) is 14.7. The van der Waals surface area contributed by atoms with Gasteiger partial charge in [0.2, 0.25) is 0 Å². The number of likely N-dealkylation sites (tertiary alicyclic amines) is 1. The van der Waals surface area contributed by atoms with Crippen molar-refractivity contribution >= 4 is 29.1 Å². The minimum atomic E-state index is -0.190. The van der Waals surface area contributed by atoms with Gasteiger partial charge in [-0.2, -0.15) is 0 Å². The third-order valence-electron chi connectivity index (χ3n) is 4.71. The summed E-state index contributed by atoms with van der Waals surface area (Å²) in [5, 5.41) is 3.90. The minimum absolute atomic E-state index is 0.124. The molecule has 4 nitrogen and oxygen atoms in total. The zero-order valence-corrected chi connectivity index (χ0v) is 16.2. The molecule has 2 aromatic rings. The number of carbonyl (C=O) groups excluding carboxylic acids is 1. The number of nitrogens with one attached hydrogen (secondary N) is 1. The average Bonchev–Trinajstić information content (AvgIpc) is 3.16. The molecule has 2 aromatic carbocycles. The van der Waals surface area contributed by atoms with Crippen LogP contribution < -0.4 is 10.1 Å². The molecule has 1 atom stereocenters. The van der Waals surface area contributed by atoms with Crippen molar-refractivity contribution in [2.24, 2.45) is 0 Å². The molecule has 0 aliphatic carbocycles. The third kappa shape index (κ3) is 4.50. The van der Waals surface area contributed by atoms with E-state index in [4.69, 9.17) is 27.9 Å². The van der Waals surface area contributed by atoms with Gasteiger partial charge in [-0.15, -0.1) is 0 Å². The number of benzene rings is 2.